The van der Waals surface area contributed by atoms with Gasteiger partial charge in [0.1, 0.15) is 0 Å². The third-order valence-electron chi connectivity index (χ3n) is 10.8. The summed E-state index contributed by atoms with van der Waals surface area (Å²) in [6.45, 7) is 0. The Kier molecular flexibility index (Phi) is 8.24. The molecule has 0 amide bonds. The molecule has 0 unspecified atom stereocenters. The molecule has 10 rings (SSSR count). The van der Waals surface area contributed by atoms with E-state index >= 15 is 0 Å². The maximum atomic E-state index is 2.45. The molecule has 0 atom stereocenters. The highest BCUT2D eigenvalue weighted by Gasteiger charge is 2.23. The van der Waals surface area contributed by atoms with Gasteiger partial charge in [0.05, 0.1) is 5.69 Å². The molecule has 0 aliphatic heterocycles. The molecular weight excluding hydrogens is 663 g/mol. The van der Waals surface area contributed by atoms with Gasteiger partial charge in [0.15, 0.2) is 0 Å². The molecule has 0 bridgehead atoms. The van der Waals surface area contributed by atoms with E-state index in [1.807, 2.05) is 0 Å². The van der Waals surface area contributed by atoms with Crippen LogP contribution in [0.1, 0.15) is 0 Å². The normalized spacial score (nSPS) is 11.3. The predicted octanol–water partition coefficient (Wildman–Crippen LogP) is 15.3. The van der Waals surface area contributed by atoms with Gasteiger partial charge in [-0.3, -0.25) is 0 Å². The van der Waals surface area contributed by atoms with Gasteiger partial charge in [-0.1, -0.05) is 188 Å². The standard InChI is InChI=1S/C54H37N/c1-3-14-38(15-4-1)44-18-13-19-45(36-44)42-28-26-40(27-29-42)41-32-34-48(35-33-41)55(47-20-5-2-6-21-47)54-52-25-12-10-23-50(52)49-22-9-11-24-51(49)53(54)46-31-30-39-16-7-8-17-43(39)37-46/h1-37H. The lowest BCUT2D eigenvalue weighted by Crippen LogP contribution is -2.12. The molecule has 10 aromatic carbocycles. The van der Waals surface area contributed by atoms with Crippen molar-refractivity contribution in [2.75, 3.05) is 4.90 Å². The topological polar surface area (TPSA) is 3.24 Å². The van der Waals surface area contributed by atoms with E-state index in [1.165, 1.54) is 82.5 Å². The van der Waals surface area contributed by atoms with E-state index in [-0.39, 0.29) is 0 Å². The minimum absolute atomic E-state index is 1.10. The molecule has 1 heteroatoms. The van der Waals surface area contributed by atoms with Crippen LogP contribution in [0.25, 0.3) is 76.8 Å². The smallest absolute Gasteiger partial charge is 0.0624 e. The Hall–Kier alpha value is -7.22. The van der Waals surface area contributed by atoms with Crippen molar-refractivity contribution in [3.63, 3.8) is 0 Å². The molecule has 0 saturated heterocycles. The first-order valence-electron chi connectivity index (χ1n) is 18.9. The average molecular weight is 700 g/mol. The van der Waals surface area contributed by atoms with Crippen LogP contribution in [0.4, 0.5) is 17.1 Å². The number of anilines is 3. The highest BCUT2D eigenvalue weighted by molar-refractivity contribution is 6.22. The third-order valence-corrected chi connectivity index (χ3v) is 10.8. The number of nitrogens with zero attached hydrogens (tertiary/aromatic N) is 1. The van der Waals surface area contributed by atoms with Crippen molar-refractivity contribution in [2.45, 2.75) is 0 Å². The third kappa shape index (κ3) is 6.02. The molecule has 0 aliphatic rings. The van der Waals surface area contributed by atoms with Gasteiger partial charge in [-0.15, -0.1) is 0 Å². The summed E-state index contributed by atoms with van der Waals surface area (Å²) >= 11 is 0. The van der Waals surface area contributed by atoms with Gasteiger partial charge < -0.3 is 4.90 Å². The Morgan fingerprint density at radius 1 is 0.236 bits per heavy atom. The van der Waals surface area contributed by atoms with E-state index in [9.17, 15) is 0 Å². The summed E-state index contributed by atoms with van der Waals surface area (Å²) in [5, 5.41) is 7.41. The Morgan fingerprint density at radius 3 is 1.35 bits per heavy atom. The van der Waals surface area contributed by atoms with E-state index in [0.717, 1.165) is 11.4 Å². The first kappa shape index (κ1) is 32.4. The number of para-hydroxylation sites is 1. The number of benzene rings is 10. The fourth-order valence-corrected chi connectivity index (χ4v) is 8.14. The van der Waals surface area contributed by atoms with Gasteiger partial charge in [0.25, 0.3) is 0 Å². The molecule has 0 N–H and O–H groups in total. The lowest BCUT2D eigenvalue weighted by Gasteiger charge is -2.30. The van der Waals surface area contributed by atoms with E-state index in [2.05, 4.69) is 229 Å². The summed E-state index contributed by atoms with van der Waals surface area (Å²) in [6.07, 6.45) is 0. The first-order chi connectivity index (χ1) is 27.3. The monoisotopic (exact) mass is 699 g/mol. The fraction of sp³-hybridized carbons (Fsp3) is 0. The largest absolute Gasteiger partial charge is 0.309 e. The minimum atomic E-state index is 1.10. The fourth-order valence-electron chi connectivity index (χ4n) is 8.14. The Morgan fingerprint density at radius 2 is 0.673 bits per heavy atom. The van der Waals surface area contributed by atoms with Crippen LogP contribution in [0.15, 0.2) is 224 Å². The van der Waals surface area contributed by atoms with Crippen LogP contribution in [0, 0.1) is 0 Å². The van der Waals surface area contributed by atoms with Crippen molar-refractivity contribution in [2.24, 2.45) is 0 Å². The second-order valence-corrected chi connectivity index (χ2v) is 14.1. The second kappa shape index (κ2) is 14.0. The zero-order valence-electron chi connectivity index (χ0n) is 30.3. The Bertz CT molecular complexity index is 2950. The van der Waals surface area contributed by atoms with Gasteiger partial charge in [0.2, 0.25) is 0 Å². The molecule has 0 aromatic heterocycles. The zero-order chi connectivity index (χ0) is 36.6. The molecule has 0 aliphatic carbocycles. The summed E-state index contributed by atoms with van der Waals surface area (Å²) < 4.78 is 0. The number of rotatable bonds is 7. The maximum Gasteiger partial charge on any atom is 0.0624 e. The molecular formula is C54H37N. The van der Waals surface area contributed by atoms with Crippen molar-refractivity contribution in [3.05, 3.63) is 224 Å². The zero-order valence-corrected chi connectivity index (χ0v) is 30.3. The average Bonchev–Trinajstić information content (AvgIpc) is 3.27. The van der Waals surface area contributed by atoms with Gasteiger partial charge in [0, 0.05) is 22.3 Å². The summed E-state index contributed by atoms with van der Waals surface area (Å²) in [7, 11) is 0. The van der Waals surface area contributed by atoms with E-state index < -0.39 is 0 Å². The van der Waals surface area contributed by atoms with Crippen molar-refractivity contribution in [1.82, 2.24) is 0 Å². The Labute approximate surface area is 322 Å². The van der Waals surface area contributed by atoms with Crippen LogP contribution in [-0.4, -0.2) is 0 Å². The molecule has 55 heavy (non-hydrogen) atoms. The van der Waals surface area contributed by atoms with E-state index in [1.54, 1.807) is 0 Å². The van der Waals surface area contributed by atoms with Crippen LogP contribution in [-0.2, 0) is 0 Å². The quantitative estimate of drug-likeness (QED) is 0.150. The lowest BCUT2D eigenvalue weighted by molar-refractivity contribution is 1.30. The van der Waals surface area contributed by atoms with Gasteiger partial charge >= 0.3 is 0 Å². The molecule has 1 nitrogen and oxygen atoms in total. The molecule has 258 valence electrons. The van der Waals surface area contributed by atoms with Gasteiger partial charge in [-0.05, 0) is 102 Å². The summed E-state index contributed by atoms with van der Waals surface area (Å²) in [4.78, 5) is 2.45. The maximum absolute atomic E-state index is 2.45. The highest BCUT2D eigenvalue weighted by Crippen LogP contribution is 2.49. The van der Waals surface area contributed by atoms with E-state index in [0.29, 0.717) is 0 Å². The number of hydrogen-bond acceptors (Lipinski definition) is 1. The molecule has 10 aromatic rings. The van der Waals surface area contributed by atoms with Crippen molar-refractivity contribution >= 4 is 49.4 Å². The SMILES string of the molecule is c1ccc(-c2cccc(-c3ccc(-c4ccc(N(c5ccccc5)c5c(-c6ccc7ccccc7c6)c6ccccc6c6ccccc56)cc4)cc3)c2)cc1. The van der Waals surface area contributed by atoms with Gasteiger partial charge in [-0.2, -0.15) is 0 Å². The first-order valence-corrected chi connectivity index (χ1v) is 18.9. The van der Waals surface area contributed by atoms with Crippen LogP contribution >= 0.6 is 0 Å². The van der Waals surface area contributed by atoms with Crippen LogP contribution in [0.2, 0.25) is 0 Å². The molecule has 0 radical (unpaired) electrons. The number of hydrogen-bond donors (Lipinski definition) is 0. The summed E-state index contributed by atoms with van der Waals surface area (Å²) in [5.74, 6) is 0. The molecule has 0 fully saturated rings. The lowest BCUT2D eigenvalue weighted by atomic mass is 9.89. The van der Waals surface area contributed by atoms with Crippen molar-refractivity contribution in [3.8, 4) is 44.5 Å². The van der Waals surface area contributed by atoms with Crippen LogP contribution < -0.4 is 4.90 Å². The molecule has 0 heterocycles. The summed E-state index contributed by atoms with van der Waals surface area (Å²) in [5.41, 5.74) is 13.0. The molecule has 0 spiro atoms. The van der Waals surface area contributed by atoms with Crippen molar-refractivity contribution < 1.29 is 0 Å². The molecule has 0 saturated carbocycles. The van der Waals surface area contributed by atoms with Crippen LogP contribution in [0.3, 0.4) is 0 Å². The second-order valence-electron chi connectivity index (χ2n) is 14.1. The van der Waals surface area contributed by atoms with E-state index in [4.69, 9.17) is 0 Å². The van der Waals surface area contributed by atoms with Crippen molar-refractivity contribution in [1.29, 1.82) is 0 Å². The highest BCUT2D eigenvalue weighted by atomic mass is 15.1. The Balaban J connectivity index is 1.10. The number of fused-ring (bicyclic) bond motifs is 4. The minimum Gasteiger partial charge on any atom is -0.309 e. The summed E-state index contributed by atoms with van der Waals surface area (Å²) in [6, 6.07) is 81.4. The van der Waals surface area contributed by atoms with Gasteiger partial charge in [-0.25, -0.2) is 0 Å². The predicted molar refractivity (Wildman–Crippen MR) is 235 cm³/mol. The van der Waals surface area contributed by atoms with Crippen LogP contribution in [0.5, 0.6) is 0 Å².